The highest BCUT2D eigenvalue weighted by atomic mass is 35.5. The van der Waals surface area contributed by atoms with Gasteiger partial charge >= 0.3 is 12.0 Å². The highest BCUT2D eigenvalue weighted by Crippen LogP contribution is 2.35. The van der Waals surface area contributed by atoms with Crippen molar-refractivity contribution in [3.05, 3.63) is 69.9 Å². The van der Waals surface area contributed by atoms with E-state index >= 15 is 0 Å². The number of thioether (sulfide) groups is 1. The SMILES string of the molecule is CSc1ccc(C2NC(=O)N(CC(=O)Nc3ccc(C)cc3Cl)C3=C2C(=O)OC3)cc1. The van der Waals surface area contributed by atoms with Gasteiger partial charge in [0.2, 0.25) is 5.91 Å². The molecule has 0 aliphatic carbocycles. The van der Waals surface area contributed by atoms with E-state index in [1.807, 2.05) is 43.5 Å². The number of benzene rings is 2. The number of cyclic esters (lactones) is 1. The lowest BCUT2D eigenvalue weighted by Crippen LogP contribution is -2.49. The first-order chi connectivity index (χ1) is 14.9. The third-order valence-corrected chi connectivity index (χ3v) is 6.20. The summed E-state index contributed by atoms with van der Waals surface area (Å²) in [4.78, 5) is 40.2. The number of esters is 1. The Morgan fingerprint density at radius 2 is 2.00 bits per heavy atom. The molecule has 31 heavy (non-hydrogen) atoms. The van der Waals surface area contributed by atoms with Gasteiger partial charge in [0.15, 0.2) is 0 Å². The van der Waals surface area contributed by atoms with E-state index in [9.17, 15) is 14.4 Å². The van der Waals surface area contributed by atoms with Crippen LogP contribution in [0.25, 0.3) is 0 Å². The molecule has 1 atom stereocenters. The molecule has 2 aliphatic heterocycles. The van der Waals surface area contributed by atoms with Gasteiger partial charge in [-0.1, -0.05) is 29.8 Å². The number of anilines is 1. The molecule has 160 valence electrons. The molecular formula is C22H20ClN3O4S. The summed E-state index contributed by atoms with van der Waals surface area (Å²) in [5.41, 5.74) is 2.93. The van der Waals surface area contributed by atoms with Crippen LogP contribution in [0.4, 0.5) is 10.5 Å². The number of aryl methyl sites for hydroxylation is 1. The predicted octanol–water partition coefficient (Wildman–Crippen LogP) is 3.89. The molecule has 1 unspecified atom stereocenters. The minimum Gasteiger partial charge on any atom is -0.456 e. The van der Waals surface area contributed by atoms with Gasteiger partial charge in [-0.2, -0.15) is 0 Å². The summed E-state index contributed by atoms with van der Waals surface area (Å²) in [5, 5.41) is 5.94. The maximum absolute atomic E-state index is 12.9. The van der Waals surface area contributed by atoms with Crippen molar-refractivity contribution in [2.45, 2.75) is 17.9 Å². The van der Waals surface area contributed by atoms with Gasteiger partial charge in [0, 0.05) is 4.90 Å². The van der Waals surface area contributed by atoms with Crippen LogP contribution in [0.5, 0.6) is 0 Å². The van der Waals surface area contributed by atoms with Gasteiger partial charge in [-0.15, -0.1) is 11.8 Å². The fraction of sp³-hybridized carbons (Fsp3) is 0.227. The number of carbonyl (C=O) groups is 3. The number of hydrogen-bond acceptors (Lipinski definition) is 5. The summed E-state index contributed by atoms with van der Waals surface area (Å²) in [6, 6.07) is 11.8. The third-order valence-electron chi connectivity index (χ3n) is 5.15. The zero-order chi connectivity index (χ0) is 22.1. The van der Waals surface area contributed by atoms with Gasteiger partial charge in [-0.05, 0) is 48.6 Å². The normalized spacial score (nSPS) is 17.9. The highest BCUT2D eigenvalue weighted by molar-refractivity contribution is 7.98. The second-order valence-electron chi connectivity index (χ2n) is 7.21. The minimum atomic E-state index is -0.626. The summed E-state index contributed by atoms with van der Waals surface area (Å²) in [7, 11) is 0. The van der Waals surface area contributed by atoms with Crippen molar-refractivity contribution in [3.63, 3.8) is 0 Å². The first-order valence-electron chi connectivity index (χ1n) is 9.55. The number of amides is 3. The number of nitrogens with zero attached hydrogens (tertiary/aromatic N) is 1. The quantitative estimate of drug-likeness (QED) is 0.525. The van der Waals surface area contributed by atoms with E-state index < -0.39 is 23.9 Å². The number of rotatable bonds is 5. The van der Waals surface area contributed by atoms with E-state index in [-0.39, 0.29) is 13.2 Å². The maximum Gasteiger partial charge on any atom is 0.338 e. The van der Waals surface area contributed by atoms with Crippen LogP contribution < -0.4 is 10.6 Å². The van der Waals surface area contributed by atoms with Gasteiger partial charge < -0.3 is 15.4 Å². The van der Waals surface area contributed by atoms with Crippen LogP contribution in [0, 0.1) is 6.92 Å². The van der Waals surface area contributed by atoms with Crippen LogP contribution in [0.3, 0.4) is 0 Å². The average Bonchev–Trinajstić information content (AvgIpc) is 3.13. The highest BCUT2D eigenvalue weighted by Gasteiger charge is 2.42. The zero-order valence-corrected chi connectivity index (χ0v) is 18.5. The van der Waals surface area contributed by atoms with Gasteiger partial charge in [0.05, 0.1) is 28.0 Å². The zero-order valence-electron chi connectivity index (χ0n) is 16.9. The number of halogens is 1. The van der Waals surface area contributed by atoms with Crippen molar-refractivity contribution < 1.29 is 19.1 Å². The molecule has 2 N–H and O–H groups in total. The largest absolute Gasteiger partial charge is 0.456 e. The Hall–Kier alpha value is -2.97. The summed E-state index contributed by atoms with van der Waals surface area (Å²) in [6.45, 7) is 1.56. The molecule has 2 aromatic rings. The Bertz CT molecular complexity index is 1100. The smallest absolute Gasteiger partial charge is 0.338 e. The molecule has 0 saturated carbocycles. The fourth-order valence-electron chi connectivity index (χ4n) is 3.58. The lowest BCUT2D eigenvalue weighted by Gasteiger charge is -2.32. The summed E-state index contributed by atoms with van der Waals surface area (Å²) < 4.78 is 5.20. The van der Waals surface area contributed by atoms with Crippen LogP contribution in [0.2, 0.25) is 5.02 Å². The molecule has 0 fully saturated rings. The van der Waals surface area contributed by atoms with Gasteiger partial charge in [0.25, 0.3) is 0 Å². The number of carbonyl (C=O) groups excluding carboxylic acids is 3. The van der Waals surface area contributed by atoms with E-state index in [0.717, 1.165) is 16.0 Å². The minimum absolute atomic E-state index is 0.0560. The molecule has 3 amide bonds. The molecule has 2 heterocycles. The Morgan fingerprint density at radius 1 is 1.26 bits per heavy atom. The lowest BCUT2D eigenvalue weighted by molar-refractivity contribution is -0.136. The molecule has 0 radical (unpaired) electrons. The van der Waals surface area contributed by atoms with E-state index in [1.54, 1.807) is 23.9 Å². The molecule has 0 spiro atoms. The third kappa shape index (κ3) is 4.26. The Balaban J connectivity index is 1.58. The lowest BCUT2D eigenvalue weighted by atomic mass is 9.96. The van der Waals surface area contributed by atoms with Crippen molar-refractivity contribution in [2.24, 2.45) is 0 Å². The fourth-order valence-corrected chi connectivity index (χ4v) is 4.27. The van der Waals surface area contributed by atoms with E-state index in [0.29, 0.717) is 22.0 Å². The van der Waals surface area contributed by atoms with Gasteiger partial charge in [0.1, 0.15) is 13.2 Å². The van der Waals surface area contributed by atoms with Crippen LogP contribution in [0.1, 0.15) is 17.2 Å². The Morgan fingerprint density at radius 3 is 2.68 bits per heavy atom. The molecule has 0 saturated heterocycles. The summed E-state index contributed by atoms with van der Waals surface area (Å²) in [5.74, 6) is -0.934. The molecule has 7 nitrogen and oxygen atoms in total. The summed E-state index contributed by atoms with van der Waals surface area (Å²) >= 11 is 7.78. The number of nitrogens with one attached hydrogen (secondary N) is 2. The standard InChI is InChI=1S/C22H20ClN3O4S/c1-12-3-8-16(15(23)9-12)24-18(27)10-26-17-11-30-21(28)19(17)20(25-22(26)29)13-4-6-14(31-2)7-5-13/h3-9,20H,10-11H2,1-2H3,(H,24,27)(H,25,29). The monoisotopic (exact) mass is 457 g/mol. The molecule has 2 aliphatic rings. The van der Waals surface area contributed by atoms with Crippen molar-refractivity contribution in [1.29, 1.82) is 0 Å². The maximum atomic E-state index is 12.9. The molecule has 0 aromatic heterocycles. The number of hydrogen-bond donors (Lipinski definition) is 2. The molecular weight excluding hydrogens is 438 g/mol. The molecule has 4 rings (SSSR count). The number of ether oxygens (including phenoxy) is 1. The van der Waals surface area contributed by atoms with E-state index in [4.69, 9.17) is 16.3 Å². The van der Waals surface area contributed by atoms with Crippen molar-refractivity contribution in [1.82, 2.24) is 10.2 Å². The summed E-state index contributed by atoms with van der Waals surface area (Å²) in [6.07, 6.45) is 1.97. The first kappa shape index (κ1) is 21.3. The van der Waals surface area contributed by atoms with Crippen LogP contribution in [-0.2, 0) is 14.3 Å². The molecule has 9 heteroatoms. The van der Waals surface area contributed by atoms with Gasteiger partial charge in [-0.25, -0.2) is 9.59 Å². The van der Waals surface area contributed by atoms with Gasteiger partial charge in [-0.3, -0.25) is 9.69 Å². The van der Waals surface area contributed by atoms with Crippen LogP contribution in [-0.4, -0.2) is 42.2 Å². The molecule has 0 bridgehead atoms. The van der Waals surface area contributed by atoms with Crippen LogP contribution >= 0.6 is 23.4 Å². The molecule has 2 aromatic carbocycles. The first-order valence-corrected chi connectivity index (χ1v) is 11.2. The second-order valence-corrected chi connectivity index (χ2v) is 8.50. The van der Waals surface area contributed by atoms with Crippen molar-refractivity contribution in [2.75, 3.05) is 24.7 Å². The van der Waals surface area contributed by atoms with Crippen molar-refractivity contribution in [3.8, 4) is 0 Å². The Kier molecular flexibility index (Phi) is 5.93. The average molecular weight is 458 g/mol. The van der Waals surface area contributed by atoms with E-state index in [1.165, 1.54) is 4.90 Å². The number of urea groups is 1. The second kappa shape index (κ2) is 8.64. The Labute approximate surface area is 188 Å². The van der Waals surface area contributed by atoms with Crippen LogP contribution in [0.15, 0.2) is 58.6 Å². The topological polar surface area (TPSA) is 87.7 Å². The predicted molar refractivity (Wildman–Crippen MR) is 119 cm³/mol. The van der Waals surface area contributed by atoms with Crippen molar-refractivity contribution >= 4 is 47.0 Å². The van der Waals surface area contributed by atoms with E-state index in [2.05, 4.69) is 10.6 Å².